The Balaban J connectivity index is 2.18. The van der Waals surface area contributed by atoms with Gasteiger partial charge < -0.3 is 19.5 Å². The Labute approximate surface area is 142 Å². The lowest BCUT2D eigenvalue weighted by atomic mass is 10.1. The summed E-state index contributed by atoms with van der Waals surface area (Å²) in [5.74, 6) is 1.57. The number of anilines is 1. The number of ether oxygens (including phenoxy) is 3. The summed E-state index contributed by atoms with van der Waals surface area (Å²) in [6.45, 7) is 5.07. The molecule has 0 aliphatic heterocycles. The fraction of sp³-hybridized carbons (Fsp3) is 0.316. The highest BCUT2D eigenvalue weighted by atomic mass is 16.5. The average Bonchev–Trinajstić information content (AvgIpc) is 2.61. The highest BCUT2D eigenvalue weighted by Gasteiger charge is 2.13. The Morgan fingerprint density at radius 2 is 1.79 bits per heavy atom. The van der Waals surface area contributed by atoms with Gasteiger partial charge in [-0.25, -0.2) is 0 Å². The summed E-state index contributed by atoms with van der Waals surface area (Å²) in [6, 6.07) is 12.5. The fourth-order valence-electron chi connectivity index (χ4n) is 2.19. The van der Waals surface area contributed by atoms with Crippen LogP contribution in [0.1, 0.15) is 30.6 Å². The number of amides is 1. The summed E-state index contributed by atoms with van der Waals surface area (Å²) in [5, 5.41) is 2.87. The molecule has 0 unspecified atom stereocenters. The quantitative estimate of drug-likeness (QED) is 0.791. The van der Waals surface area contributed by atoms with E-state index in [9.17, 15) is 4.79 Å². The Morgan fingerprint density at radius 1 is 1.00 bits per heavy atom. The predicted molar refractivity (Wildman–Crippen MR) is 94.3 cm³/mol. The molecule has 0 fully saturated rings. The highest BCUT2D eigenvalue weighted by Crippen LogP contribution is 2.29. The summed E-state index contributed by atoms with van der Waals surface area (Å²) < 4.78 is 16.4. The van der Waals surface area contributed by atoms with Crippen molar-refractivity contribution in [2.45, 2.75) is 20.3 Å². The van der Waals surface area contributed by atoms with E-state index < -0.39 is 0 Å². The molecule has 2 rings (SSSR count). The van der Waals surface area contributed by atoms with E-state index in [-0.39, 0.29) is 5.91 Å². The van der Waals surface area contributed by atoms with Crippen molar-refractivity contribution < 1.29 is 19.0 Å². The number of benzene rings is 2. The van der Waals surface area contributed by atoms with E-state index >= 15 is 0 Å². The second-order valence-corrected chi connectivity index (χ2v) is 5.10. The Kier molecular flexibility index (Phi) is 6.49. The second kappa shape index (κ2) is 8.82. The van der Waals surface area contributed by atoms with Crippen LogP contribution in [0.25, 0.3) is 0 Å². The van der Waals surface area contributed by atoms with Crippen LogP contribution < -0.4 is 19.5 Å². The molecular formula is C19H23NO4. The van der Waals surface area contributed by atoms with Gasteiger partial charge in [-0.2, -0.15) is 0 Å². The van der Waals surface area contributed by atoms with Crippen molar-refractivity contribution in [3.8, 4) is 17.2 Å². The summed E-state index contributed by atoms with van der Waals surface area (Å²) in [4.78, 5) is 12.5. The Morgan fingerprint density at radius 3 is 2.50 bits per heavy atom. The second-order valence-electron chi connectivity index (χ2n) is 5.10. The SMILES string of the molecule is CCCOc1ccc(C(=O)Nc2ccccc2OCC)cc1OC. The molecule has 5 heteroatoms. The van der Waals surface area contributed by atoms with Crippen LogP contribution in [-0.2, 0) is 0 Å². The van der Waals surface area contributed by atoms with E-state index in [1.807, 2.05) is 32.0 Å². The highest BCUT2D eigenvalue weighted by molar-refractivity contribution is 6.05. The minimum absolute atomic E-state index is 0.234. The zero-order valence-electron chi connectivity index (χ0n) is 14.3. The molecule has 0 aliphatic carbocycles. The maximum atomic E-state index is 12.5. The number of carbonyl (C=O) groups is 1. The number of methoxy groups -OCH3 is 1. The molecule has 5 nitrogen and oxygen atoms in total. The molecule has 0 heterocycles. The van der Waals surface area contributed by atoms with Crippen LogP contribution in [0.5, 0.6) is 17.2 Å². The minimum atomic E-state index is -0.234. The maximum absolute atomic E-state index is 12.5. The molecule has 0 atom stereocenters. The molecule has 0 saturated carbocycles. The molecule has 0 aromatic heterocycles. The van der Waals surface area contributed by atoms with Crippen molar-refractivity contribution in [2.24, 2.45) is 0 Å². The van der Waals surface area contributed by atoms with Gasteiger partial charge in [-0.1, -0.05) is 19.1 Å². The molecule has 2 aromatic carbocycles. The molecule has 24 heavy (non-hydrogen) atoms. The van der Waals surface area contributed by atoms with Crippen LogP contribution in [0.3, 0.4) is 0 Å². The molecular weight excluding hydrogens is 306 g/mol. The van der Waals surface area contributed by atoms with Gasteiger partial charge in [-0.15, -0.1) is 0 Å². The van der Waals surface area contributed by atoms with Crippen LogP contribution in [0.2, 0.25) is 0 Å². The van der Waals surface area contributed by atoms with E-state index in [2.05, 4.69) is 5.32 Å². The van der Waals surface area contributed by atoms with Gasteiger partial charge in [-0.3, -0.25) is 4.79 Å². The van der Waals surface area contributed by atoms with Crippen LogP contribution in [0.4, 0.5) is 5.69 Å². The molecule has 0 bridgehead atoms. The zero-order valence-corrected chi connectivity index (χ0v) is 14.3. The van der Waals surface area contributed by atoms with Crippen molar-refractivity contribution in [1.82, 2.24) is 0 Å². The predicted octanol–water partition coefficient (Wildman–Crippen LogP) is 4.14. The van der Waals surface area contributed by atoms with Crippen molar-refractivity contribution >= 4 is 11.6 Å². The van der Waals surface area contributed by atoms with Gasteiger partial charge in [0.1, 0.15) is 5.75 Å². The number of rotatable bonds is 8. The largest absolute Gasteiger partial charge is 0.493 e. The van der Waals surface area contributed by atoms with E-state index in [1.165, 1.54) is 0 Å². The van der Waals surface area contributed by atoms with Crippen molar-refractivity contribution in [2.75, 3.05) is 25.6 Å². The molecule has 0 radical (unpaired) electrons. The van der Waals surface area contributed by atoms with E-state index in [0.29, 0.717) is 41.7 Å². The smallest absolute Gasteiger partial charge is 0.255 e. The minimum Gasteiger partial charge on any atom is -0.493 e. The summed E-state index contributed by atoms with van der Waals surface area (Å²) in [7, 11) is 1.56. The van der Waals surface area contributed by atoms with Gasteiger partial charge in [0.05, 0.1) is 26.0 Å². The number of carbonyl (C=O) groups excluding carboxylic acids is 1. The lowest BCUT2D eigenvalue weighted by Crippen LogP contribution is -2.13. The van der Waals surface area contributed by atoms with Gasteiger partial charge in [0.15, 0.2) is 11.5 Å². The van der Waals surface area contributed by atoms with Crippen LogP contribution in [-0.4, -0.2) is 26.2 Å². The molecule has 0 saturated heterocycles. The van der Waals surface area contributed by atoms with Gasteiger partial charge in [0.25, 0.3) is 5.91 Å². The molecule has 0 aliphatic rings. The van der Waals surface area contributed by atoms with Gasteiger partial charge in [0, 0.05) is 5.56 Å². The van der Waals surface area contributed by atoms with Crippen molar-refractivity contribution in [1.29, 1.82) is 0 Å². The molecule has 0 spiro atoms. The van der Waals surface area contributed by atoms with Crippen LogP contribution in [0, 0.1) is 0 Å². The standard InChI is InChI=1S/C19H23NO4/c1-4-12-24-17-11-10-14(13-18(17)22-3)19(21)20-15-8-6-7-9-16(15)23-5-2/h6-11,13H,4-5,12H2,1-3H3,(H,20,21). The number of hydrogen-bond acceptors (Lipinski definition) is 4. The van der Waals surface area contributed by atoms with E-state index in [4.69, 9.17) is 14.2 Å². The maximum Gasteiger partial charge on any atom is 0.255 e. The van der Waals surface area contributed by atoms with Crippen LogP contribution in [0.15, 0.2) is 42.5 Å². The lowest BCUT2D eigenvalue weighted by molar-refractivity contribution is 0.102. The summed E-state index contributed by atoms with van der Waals surface area (Å²) in [6.07, 6.45) is 0.902. The first-order valence-electron chi connectivity index (χ1n) is 8.03. The summed E-state index contributed by atoms with van der Waals surface area (Å²) in [5.41, 5.74) is 1.12. The van der Waals surface area contributed by atoms with Gasteiger partial charge in [0.2, 0.25) is 0 Å². The zero-order chi connectivity index (χ0) is 17.4. The number of para-hydroxylation sites is 2. The normalized spacial score (nSPS) is 10.1. The lowest BCUT2D eigenvalue weighted by Gasteiger charge is -2.13. The average molecular weight is 329 g/mol. The molecule has 128 valence electrons. The number of hydrogen-bond donors (Lipinski definition) is 1. The van der Waals surface area contributed by atoms with Gasteiger partial charge in [-0.05, 0) is 43.7 Å². The van der Waals surface area contributed by atoms with E-state index in [0.717, 1.165) is 6.42 Å². The third kappa shape index (κ3) is 4.41. The first kappa shape index (κ1) is 17.7. The Bertz CT molecular complexity index is 685. The topological polar surface area (TPSA) is 56.8 Å². The fourth-order valence-corrected chi connectivity index (χ4v) is 2.19. The molecule has 2 aromatic rings. The van der Waals surface area contributed by atoms with E-state index in [1.54, 1.807) is 31.4 Å². The van der Waals surface area contributed by atoms with Crippen LogP contribution >= 0.6 is 0 Å². The monoisotopic (exact) mass is 329 g/mol. The first-order chi connectivity index (χ1) is 11.7. The first-order valence-corrected chi connectivity index (χ1v) is 8.03. The van der Waals surface area contributed by atoms with Crippen molar-refractivity contribution in [3.05, 3.63) is 48.0 Å². The molecule has 1 amide bonds. The Hall–Kier alpha value is -2.69. The number of nitrogens with one attached hydrogen (secondary N) is 1. The van der Waals surface area contributed by atoms with Gasteiger partial charge >= 0.3 is 0 Å². The third-order valence-corrected chi connectivity index (χ3v) is 3.32. The van der Waals surface area contributed by atoms with Crippen molar-refractivity contribution in [3.63, 3.8) is 0 Å². The summed E-state index contributed by atoms with van der Waals surface area (Å²) >= 11 is 0. The third-order valence-electron chi connectivity index (χ3n) is 3.32. The molecule has 1 N–H and O–H groups in total.